The quantitative estimate of drug-likeness (QED) is 0.700. The SMILES string of the molecule is CC(C)N(Cc1ccccc1)c1nncc(Nc2ccc3c(c2)OCCO3)n1. The molecule has 0 aliphatic carbocycles. The van der Waals surface area contributed by atoms with E-state index in [1.165, 1.54) is 5.56 Å². The predicted molar refractivity (Wildman–Crippen MR) is 108 cm³/mol. The molecule has 0 saturated carbocycles. The molecule has 1 aliphatic heterocycles. The van der Waals surface area contributed by atoms with Crippen molar-refractivity contribution < 1.29 is 9.47 Å². The lowest BCUT2D eigenvalue weighted by molar-refractivity contribution is 0.171. The Kier molecular flexibility index (Phi) is 5.23. The second-order valence-electron chi connectivity index (χ2n) is 6.83. The third-order valence-corrected chi connectivity index (χ3v) is 4.44. The zero-order valence-electron chi connectivity index (χ0n) is 16.0. The molecule has 28 heavy (non-hydrogen) atoms. The van der Waals surface area contributed by atoms with Crippen molar-refractivity contribution in [1.82, 2.24) is 15.2 Å². The van der Waals surface area contributed by atoms with E-state index in [0.717, 1.165) is 17.2 Å². The van der Waals surface area contributed by atoms with Crippen LogP contribution in [0.15, 0.2) is 54.7 Å². The molecule has 7 heteroatoms. The lowest BCUT2D eigenvalue weighted by Crippen LogP contribution is -2.32. The summed E-state index contributed by atoms with van der Waals surface area (Å²) < 4.78 is 11.2. The van der Waals surface area contributed by atoms with Gasteiger partial charge in [0.15, 0.2) is 17.3 Å². The standard InChI is InChI=1S/C21H23N5O2/c1-15(2)26(14-16-6-4-3-5-7-16)21-24-20(13-22-25-21)23-17-8-9-18-19(12-17)28-11-10-27-18/h3-9,12-13,15H,10-11,14H2,1-2H3,(H,23,24,25). The van der Waals surface area contributed by atoms with Crippen molar-refractivity contribution in [1.29, 1.82) is 0 Å². The van der Waals surface area contributed by atoms with Crippen LogP contribution in [0.25, 0.3) is 0 Å². The van der Waals surface area contributed by atoms with Crippen LogP contribution in [-0.2, 0) is 6.54 Å². The van der Waals surface area contributed by atoms with Gasteiger partial charge >= 0.3 is 0 Å². The number of hydrogen-bond acceptors (Lipinski definition) is 7. The molecule has 0 saturated heterocycles. The van der Waals surface area contributed by atoms with Crippen LogP contribution in [0.3, 0.4) is 0 Å². The Morgan fingerprint density at radius 1 is 1.04 bits per heavy atom. The Hall–Kier alpha value is -3.35. The highest BCUT2D eigenvalue weighted by atomic mass is 16.6. The van der Waals surface area contributed by atoms with Crippen molar-refractivity contribution >= 4 is 17.5 Å². The van der Waals surface area contributed by atoms with E-state index in [0.29, 0.717) is 31.5 Å². The molecule has 0 atom stereocenters. The second-order valence-corrected chi connectivity index (χ2v) is 6.83. The number of anilines is 3. The van der Waals surface area contributed by atoms with Crippen molar-refractivity contribution in [3.8, 4) is 11.5 Å². The lowest BCUT2D eigenvalue weighted by Gasteiger charge is -2.26. The molecule has 3 aromatic rings. The van der Waals surface area contributed by atoms with Gasteiger partial charge in [0.2, 0.25) is 5.95 Å². The normalized spacial score (nSPS) is 12.7. The fraction of sp³-hybridized carbons (Fsp3) is 0.286. The second kappa shape index (κ2) is 8.12. The van der Waals surface area contributed by atoms with Crippen LogP contribution in [0.1, 0.15) is 19.4 Å². The molecule has 0 amide bonds. The van der Waals surface area contributed by atoms with Gasteiger partial charge in [-0.25, -0.2) is 0 Å². The molecule has 0 bridgehead atoms. The number of rotatable bonds is 6. The van der Waals surface area contributed by atoms with E-state index in [9.17, 15) is 0 Å². The van der Waals surface area contributed by atoms with Crippen LogP contribution in [-0.4, -0.2) is 34.4 Å². The summed E-state index contributed by atoms with van der Waals surface area (Å²) in [5, 5.41) is 11.7. The van der Waals surface area contributed by atoms with Crippen LogP contribution >= 0.6 is 0 Å². The smallest absolute Gasteiger partial charge is 0.247 e. The van der Waals surface area contributed by atoms with Crippen LogP contribution in [0.2, 0.25) is 0 Å². The largest absolute Gasteiger partial charge is 0.486 e. The Bertz CT molecular complexity index is 933. The van der Waals surface area contributed by atoms with E-state index in [4.69, 9.17) is 9.47 Å². The average molecular weight is 377 g/mol. The monoisotopic (exact) mass is 377 g/mol. The first-order valence-electron chi connectivity index (χ1n) is 9.36. The van der Waals surface area contributed by atoms with Gasteiger partial charge in [-0.3, -0.25) is 0 Å². The van der Waals surface area contributed by atoms with Gasteiger partial charge in [-0.15, -0.1) is 5.10 Å². The summed E-state index contributed by atoms with van der Waals surface area (Å²) in [6.45, 7) is 6.08. The summed E-state index contributed by atoms with van der Waals surface area (Å²) in [6, 6.07) is 16.2. The topological polar surface area (TPSA) is 72.4 Å². The summed E-state index contributed by atoms with van der Waals surface area (Å²) in [7, 11) is 0. The Morgan fingerprint density at radius 2 is 1.82 bits per heavy atom. The maximum Gasteiger partial charge on any atom is 0.247 e. The molecule has 0 unspecified atom stereocenters. The van der Waals surface area contributed by atoms with Crippen molar-refractivity contribution in [2.45, 2.75) is 26.4 Å². The summed E-state index contributed by atoms with van der Waals surface area (Å²) in [4.78, 5) is 6.79. The first kappa shape index (κ1) is 18.0. The number of nitrogens with zero attached hydrogens (tertiary/aromatic N) is 4. The van der Waals surface area contributed by atoms with Gasteiger partial charge in [0.25, 0.3) is 0 Å². The molecule has 1 aromatic heterocycles. The first-order chi connectivity index (χ1) is 13.7. The van der Waals surface area contributed by atoms with E-state index >= 15 is 0 Å². The molecule has 0 radical (unpaired) electrons. The lowest BCUT2D eigenvalue weighted by atomic mass is 10.2. The van der Waals surface area contributed by atoms with E-state index in [1.807, 2.05) is 36.4 Å². The molecule has 2 aromatic carbocycles. The van der Waals surface area contributed by atoms with Gasteiger partial charge in [0.05, 0.1) is 6.20 Å². The van der Waals surface area contributed by atoms with E-state index < -0.39 is 0 Å². The Labute approximate surface area is 164 Å². The van der Waals surface area contributed by atoms with Gasteiger partial charge in [-0.1, -0.05) is 30.3 Å². The molecule has 2 heterocycles. The minimum Gasteiger partial charge on any atom is -0.486 e. The molecule has 0 fully saturated rings. The first-order valence-corrected chi connectivity index (χ1v) is 9.36. The highest BCUT2D eigenvalue weighted by Crippen LogP contribution is 2.33. The van der Waals surface area contributed by atoms with Gasteiger partial charge in [-0.05, 0) is 31.5 Å². The number of hydrogen-bond donors (Lipinski definition) is 1. The van der Waals surface area contributed by atoms with Crippen molar-refractivity contribution in [2.24, 2.45) is 0 Å². The number of aromatic nitrogens is 3. The molecule has 144 valence electrons. The third kappa shape index (κ3) is 4.14. The number of fused-ring (bicyclic) bond motifs is 1. The van der Waals surface area contributed by atoms with Crippen LogP contribution in [0, 0.1) is 0 Å². The number of nitrogens with one attached hydrogen (secondary N) is 1. The van der Waals surface area contributed by atoms with E-state index in [2.05, 4.69) is 51.4 Å². The van der Waals surface area contributed by atoms with Gasteiger partial charge in [0.1, 0.15) is 13.2 Å². The molecular weight excluding hydrogens is 354 g/mol. The molecule has 1 aliphatic rings. The Balaban J connectivity index is 1.54. The molecule has 1 N–H and O–H groups in total. The van der Waals surface area contributed by atoms with Gasteiger partial charge in [-0.2, -0.15) is 10.1 Å². The van der Waals surface area contributed by atoms with Crippen LogP contribution < -0.4 is 19.7 Å². The van der Waals surface area contributed by atoms with Crippen molar-refractivity contribution in [3.63, 3.8) is 0 Å². The van der Waals surface area contributed by atoms with Gasteiger partial charge in [0, 0.05) is 24.3 Å². The third-order valence-electron chi connectivity index (χ3n) is 4.44. The Morgan fingerprint density at radius 3 is 2.61 bits per heavy atom. The molecule has 7 nitrogen and oxygen atoms in total. The zero-order valence-corrected chi connectivity index (χ0v) is 16.0. The van der Waals surface area contributed by atoms with Crippen LogP contribution in [0.4, 0.5) is 17.5 Å². The van der Waals surface area contributed by atoms with E-state index in [1.54, 1.807) is 6.20 Å². The maximum atomic E-state index is 5.64. The number of ether oxygens (including phenoxy) is 2. The summed E-state index contributed by atoms with van der Waals surface area (Å²) in [5.74, 6) is 2.69. The fourth-order valence-electron chi connectivity index (χ4n) is 3.01. The molecule has 4 rings (SSSR count). The summed E-state index contributed by atoms with van der Waals surface area (Å²) in [5.41, 5.74) is 2.06. The summed E-state index contributed by atoms with van der Waals surface area (Å²) >= 11 is 0. The summed E-state index contributed by atoms with van der Waals surface area (Å²) in [6.07, 6.45) is 1.61. The van der Waals surface area contributed by atoms with Crippen molar-refractivity contribution in [2.75, 3.05) is 23.4 Å². The highest BCUT2D eigenvalue weighted by Gasteiger charge is 2.16. The maximum absolute atomic E-state index is 5.64. The average Bonchev–Trinajstić information content (AvgIpc) is 2.73. The minimum atomic E-state index is 0.228. The molecule has 0 spiro atoms. The minimum absolute atomic E-state index is 0.228. The number of benzene rings is 2. The van der Waals surface area contributed by atoms with E-state index in [-0.39, 0.29) is 6.04 Å². The van der Waals surface area contributed by atoms with Gasteiger partial charge < -0.3 is 19.7 Å². The fourth-order valence-corrected chi connectivity index (χ4v) is 3.01. The zero-order chi connectivity index (χ0) is 19.3. The highest BCUT2D eigenvalue weighted by molar-refractivity contribution is 5.61. The van der Waals surface area contributed by atoms with Crippen LogP contribution in [0.5, 0.6) is 11.5 Å². The van der Waals surface area contributed by atoms with Crippen molar-refractivity contribution in [3.05, 3.63) is 60.3 Å². The predicted octanol–water partition coefficient (Wildman–Crippen LogP) is 3.80. The molecular formula is C21H23N5O2.